The van der Waals surface area contributed by atoms with E-state index in [0.29, 0.717) is 5.46 Å². The zero-order valence-electron chi connectivity index (χ0n) is 9.41. The standard InChI is InChI=1S/C13H16BNO/c14-11-7-4-8-12(9-11)15-13(16)10-5-2-1-3-6-10/h4,7-10H,1-3,5-6H2,(H,15,16). The van der Waals surface area contributed by atoms with E-state index in [4.69, 9.17) is 7.85 Å². The fourth-order valence-electron chi connectivity index (χ4n) is 2.23. The highest BCUT2D eigenvalue weighted by Crippen LogP contribution is 2.24. The Morgan fingerprint density at radius 2 is 2.00 bits per heavy atom. The number of carbonyl (C=O) groups is 1. The monoisotopic (exact) mass is 213 g/mol. The molecule has 1 N–H and O–H groups in total. The van der Waals surface area contributed by atoms with Crippen LogP contribution in [-0.4, -0.2) is 13.8 Å². The van der Waals surface area contributed by atoms with Gasteiger partial charge < -0.3 is 5.32 Å². The predicted octanol–water partition coefficient (Wildman–Crippen LogP) is 2.00. The van der Waals surface area contributed by atoms with Crippen LogP contribution in [0.4, 0.5) is 5.69 Å². The zero-order valence-corrected chi connectivity index (χ0v) is 9.41. The largest absolute Gasteiger partial charge is 0.326 e. The smallest absolute Gasteiger partial charge is 0.227 e. The van der Waals surface area contributed by atoms with Gasteiger partial charge in [0.15, 0.2) is 0 Å². The van der Waals surface area contributed by atoms with E-state index in [9.17, 15) is 4.79 Å². The maximum absolute atomic E-state index is 11.9. The van der Waals surface area contributed by atoms with Crippen molar-refractivity contribution in [3.63, 3.8) is 0 Å². The second-order valence-corrected chi connectivity index (χ2v) is 4.45. The van der Waals surface area contributed by atoms with Gasteiger partial charge in [0.1, 0.15) is 7.85 Å². The zero-order chi connectivity index (χ0) is 11.4. The summed E-state index contributed by atoms with van der Waals surface area (Å²) < 4.78 is 0. The molecule has 3 heteroatoms. The van der Waals surface area contributed by atoms with Crippen molar-refractivity contribution in [2.45, 2.75) is 32.1 Å². The van der Waals surface area contributed by atoms with Gasteiger partial charge in [-0.1, -0.05) is 36.9 Å². The molecule has 16 heavy (non-hydrogen) atoms. The third kappa shape index (κ3) is 2.88. The van der Waals surface area contributed by atoms with Crippen LogP contribution in [0.3, 0.4) is 0 Å². The van der Waals surface area contributed by atoms with E-state index < -0.39 is 0 Å². The normalized spacial score (nSPS) is 17.0. The number of nitrogens with one attached hydrogen (secondary N) is 1. The van der Waals surface area contributed by atoms with E-state index in [2.05, 4.69) is 5.32 Å². The van der Waals surface area contributed by atoms with Crippen molar-refractivity contribution in [3.05, 3.63) is 24.3 Å². The molecule has 0 aliphatic heterocycles. The molecule has 1 fully saturated rings. The van der Waals surface area contributed by atoms with Crippen molar-refractivity contribution in [1.29, 1.82) is 0 Å². The Morgan fingerprint density at radius 1 is 1.25 bits per heavy atom. The van der Waals surface area contributed by atoms with Crippen molar-refractivity contribution in [3.8, 4) is 0 Å². The second-order valence-electron chi connectivity index (χ2n) is 4.45. The number of carbonyl (C=O) groups excluding carboxylic acids is 1. The molecule has 2 nitrogen and oxygen atoms in total. The molecule has 1 aromatic carbocycles. The van der Waals surface area contributed by atoms with E-state index in [1.165, 1.54) is 19.3 Å². The molecule has 1 aromatic rings. The molecule has 82 valence electrons. The van der Waals surface area contributed by atoms with E-state index >= 15 is 0 Å². The van der Waals surface area contributed by atoms with Crippen LogP contribution in [0.25, 0.3) is 0 Å². The molecule has 2 rings (SSSR count). The first-order valence-corrected chi connectivity index (χ1v) is 5.92. The van der Waals surface area contributed by atoms with Gasteiger partial charge in [0.25, 0.3) is 0 Å². The lowest BCUT2D eigenvalue weighted by atomic mass is 9.88. The van der Waals surface area contributed by atoms with Crippen LogP contribution in [0.2, 0.25) is 0 Å². The van der Waals surface area contributed by atoms with E-state index in [1.54, 1.807) is 6.07 Å². The lowest BCUT2D eigenvalue weighted by molar-refractivity contribution is -0.120. The van der Waals surface area contributed by atoms with Gasteiger partial charge in [-0.15, -0.1) is 0 Å². The minimum atomic E-state index is 0.144. The topological polar surface area (TPSA) is 29.1 Å². The number of anilines is 1. The first-order valence-electron chi connectivity index (χ1n) is 5.92. The summed E-state index contributed by atoms with van der Waals surface area (Å²) in [5.74, 6) is 0.334. The van der Waals surface area contributed by atoms with Crippen LogP contribution in [0.15, 0.2) is 24.3 Å². The summed E-state index contributed by atoms with van der Waals surface area (Å²) in [6.07, 6.45) is 5.66. The van der Waals surface area contributed by atoms with E-state index in [0.717, 1.165) is 18.5 Å². The molecular weight excluding hydrogens is 197 g/mol. The van der Waals surface area contributed by atoms with Crippen molar-refractivity contribution in [1.82, 2.24) is 0 Å². The Labute approximate surface area is 97.8 Å². The first kappa shape index (κ1) is 11.2. The molecule has 0 unspecified atom stereocenters. The summed E-state index contributed by atoms with van der Waals surface area (Å²) in [6.45, 7) is 0. The minimum Gasteiger partial charge on any atom is -0.326 e. The van der Waals surface area contributed by atoms with Crippen LogP contribution in [0.1, 0.15) is 32.1 Å². The molecule has 1 aliphatic rings. The lowest BCUT2D eigenvalue weighted by Gasteiger charge is -2.20. The Bertz CT molecular complexity index is 372. The van der Waals surface area contributed by atoms with Gasteiger partial charge in [-0.3, -0.25) is 4.79 Å². The summed E-state index contributed by atoms with van der Waals surface area (Å²) in [6, 6.07) is 7.33. The molecule has 1 saturated carbocycles. The summed E-state index contributed by atoms with van der Waals surface area (Å²) in [5, 5.41) is 2.93. The number of benzene rings is 1. The van der Waals surface area contributed by atoms with Gasteiger partial charge in [-0.25, -0.2) is 0 Å². The molecule has 0 atom stereocenters. The number of hydrogen-bond donors (Lipinski definition) is 1. The van der Waals surface area contributed by atoms with E-state index in [-0.39, 0.29) is 11.8 Å². The summed E-state index contributed by atoms with van der Waals surface area (Å²) in [5.41, 5.74) is 1.48. The average molecular weight is 213 g/mol. The minimum absolute atomic E-state index is 0.144. The Hall–Kier alpha value is -1.25. The lowest BCUT2D eigenvalue weighted by Crippen LogP contribution is -2.25. The van der Waals surface area contributed by atoms with Gasteiger partial charge in [-0.2, -0.15) is 0 Å². The highest BCUT2D eigenvalue weighted by molar-refractivity contribution is 6.32. The molecule has 0 aromatic heterocycles. The van der Waals surface area contributed by atoms with Crippen LogP contribution in [0, 0.1) is 5.92 Å². The molecule has 0 spiro atoms. The molecule has 0 heterocycles. The third-order valence-corrected chi connectivity index (χ3v) is 3.13. The number of amides is 1. The fraction of sp³-hybridized carbons (Fsp3) is 0.462. The van der Waals surface area contributed by atoms with Gasteiger partial charge in [0.2, 0.25) is 5.91 Å². The van der Waals surface area contributed by atoms with E-state index in [1.807, 2.05) is 18.2 Å². The van der Waals surface area contributed by atoms with Crippen molar-refractivity contribution >= 4 is 24.9 Å². The highest BCUT2D eigenvalue weighted by atomic mass is 16.1. The van der Waals surface area contributed by atoms with Crippen LogP contribution < -0.4 is 10.8 Å². The third-order valence-electron chi connectivity index (χ3n) is 3.13. The fourth-order valence-corrected chi connectivity index (χ4v) is 2.23. The number of hydrogen-bond acceptors (Lipinski definition) is 1. The van der Waals surface area contributed by atoms with Gasteiger partial charge in [-0.05, 0) is 25.0 Å². The van der Waals surface area contributed by atoms with Crippen molar-refractivity contribution in [2.24, 2.45) is 5.92 Å². The van der Waals surface area contributed by atoms with Crippen LogP contribution in [0.5, 0.6) is 0 Å². The van der Waals surface area contributed by atoms with Crippen molar-refractivity contribution < 1.29 is 4.79 Å². The Morgan fingerprint density at radius 3 is 2.69 bits per heavy atom. The molecule has 0 bridgehead atoms. The molecule has 0 saturated heterocycles. The van der Waals surface area contributed by atoms with Gasteiger partial charge in [0, 0.05) is 11.6 Å². The van der Waals surface area contributed by atoms with Crippen molar-refractivity contribution in [2.75, 3.05) is 5.32 Å². The highest BCUT2D eigenvalue weighted by Gasteiger charge is 2.20. The molecule has 1 aliphatic carbocycles. The first-order chi connectivity index (χ1) is 7.75. The quantitative estimate of drug-likeness (QED) is 0.748. The summed E-state index contributed by atoms with van der Waals surface area (Å²) in [7, 11) is 5.66. The van der Waals surface area contributed by atoms with Gasteiger partial charge >= 0.3 is 0 Å². The summed E-state index contributed by atoms with van der Waals surface area (Å²) in [4.78, 5) is 11.9. The second kappa shape index (κ2) is 5.19. The average Bonchev–Trinajstić information content (AvgIpc) is 2.30. The molecular formula is C13H16BNO. The SMILES string of the molecule is [B]c1cccc(NC(=O)C2CCCCC2)c1. The Kier molecular flexibility index (Phi) is 3.65. The van der Waals surface area contributed by atoms with Crippen LogP contribution >= 0.6 is 0 Å². The van der Waals surface area contributed by atoms with Gasteiger partial charge in [0.05, 0.1) is 0 Å². The molecule has 1 amide bonds. The molecule has 2 radical (unpaired) electrons. The summed E-state index contributed by atoms with van der Waals surface area (Å²) >= 11 is 0. The predicted molar refractivity (Wildman–Crippen MR) is 67.0 cm³/mol. The maximum atomic E-state index is 11.9. The van der Waals surface area contributed by atoms with Crippen LogP contribution in [-0.2, 0) is 4.79 Å². The Balaban J connectivity index is 1.96. The number of rotatable bonds is 2. The maximum Gasteiger partial charge on any atom is 0.227 e.